The predicted molar refractivity (Wildman–Crippen MR) is 91.9 cm³/mol. The standard InChI is InChI=1S/C17H21BrN2O/c1-17(12-19,11-13-6-8-14(18)9-7-13)20-15-4-3-5-16(10-15)21-2/h3-10,20H,11-12,19H2,1-2H3. The van der Waals surface area contributed by atoms with Crippen LogP contribution in [-0.2, 0) is 6.42 Å². The monoisotopic (exact) mass is 348 g/mol. The fourth-order valence-electron chi connectivity index (χ4n) is 2.27. The number of nitrogens with one attached hydrogen (secondary N) is 1. The smallest absolute Gasteiger partial charge is 0.120 e. The lowest BCUT2D eigenvalue weighted by molar-refractivity contribution is 0.414. The summed E-state index contributed by atoms with van der Waals surface area (Å²) in [7, 11) is 1.67. The Hall–Kier alpha value is -1.52. The molecule has 0 fully saturated rings. The van der Waals surface area contributed by atoms with Crippen molar-refractivity contribution < 1.29 is 4.74 Å². The van der Waals surface area contributed by atoms with Gasteiger partial charge in [-0.3, -0.25) is 0 Å². The molecule has 112 valence electrons. The van der Waals surface area contributed by atoms with Crippen molar-refractivity contribution in [1.82, 2.24) is 0 Å². The van der Waals surface area contributed by atoms with Gasteiger partial charge in [-0.2, -0.15) is 0 Å². The Morgan fingerprint density at radius 1 is 1.19 bits per heavy atom. The van der Waals surface area contributed by atoms with Crippen molar-refractivity contribution in [3.63, 3.8) is 0 Å². The van der Waals surface area contributed by atoms with Gasteiger partial charge in [-0.15, -0.1) is 0 Å². The number of anilines is 1. The number of ether oxygens (including phenoxy) is 1. The quantitative estimate of drug-likeness (QED) is 0.833. The van der Waals surface area contributed by atoms with Crippen molar-refractivity contribution in [2.24, 2.45) is 5.73 Å². The van der Waals surface area contributed by atoms with Crippen LogP contribution in [-0.4, -0.2) is 19.2 Å². The zero-order valence-electron chi connectivity index (χ0n) is 12.4. The van der Waals surface area contributed by atoms with Crippen molar-refractivity contribution in [2.75, 3.05) is 19.0 Å². The molecule has 0 aliphatic rings. The molecule has 2 aromatic rings. The summed E-state index contributed by atoms with van der Waals surface area (Å²) in [4.78, 5) is 0. The van der Waals surface area contributed by atoms with E-state index in [1.54, 1.807) is 7.11 Å². The van der Waals surface area contributed by atoms with Crippen LogP contribution in [0.4, 0.5) is 5.69 Å². The third kappa shape index (κ3) is 4.48. The van der Waals surface area contributed by atoms with Crippen LogP contribution in [0.2, 0.25) is 0 Å². The molecule has 2 aromatic carbocycles. The molecule has 2 rings (SSSR count). The van der Waals surface area contributed by atoms with Gasteiger partial charge in [0.05, 0.1) is 12.6 Å². The lowest BCUT2D eigenvalue weighted by atomic mass is 9.92. The average molecular weight is 349 g/mol. The molecular weight excluding hydrogens is 328 g/mol. The Kier molecular flexibility index (Phi) is 5.26. The molecule has 1 unspecified atom stereocenters. The van der Waals surface area contributed by atoms with Gasteiger partial charge in [0.15, 0.2) is 0 Å². The molecule has 0 spiro atoms. The van der Waals surface area contributed by atoms with Crippen molar-refractivity contribution in [3.8, 4) is 5.75 Å². The van der Waals surface area contributed by atoms with Crippen LogP contribution in [0.3, 0.4) is 0 Å². The maximum absolute atomic E-state index is 6.00. The van der Waals surface area contributed by atoms with E-state index in [9.17, 15) is 0 Å². The molecule has 0 aliphatic carbocycles. The molecule has 3 nitrogen and oxygen atoms in total. The van der Waals surface area contributed by atoms with Gasteiger partial charge in [-0.1, -0.05) is 34.1 Å². The second-order valence-electron chi connectivity index (χ2n) is 5.42. The van der Waals surface area contributed by atoms with Gasteiger partial charge in [0, 0.05) is 22.8 Å². The van der Waals surface area contributed by atoms with Crippen molar-refractivity contribution in [2.45, 2.75) is 18.9 Å². The van der Waals surface area contributed by atoms with E-state index >= 15 is 0 Å². The molecule has 0 heterocycles. The SMILES string of the molecule is COc1cccc(NC(C)(CN)Cc2ccc(Br)cc2)c1. The molecular formula is C17H21BrN2O. The molecule has 0 saturated heterocycles. The second kappa shape index (κ2) is 6.96. The normalized spacial score (nSPS) is 13.5. The summed E-state index contributed by atoms with van der Waals surface area (Å²) in [5, 5.41) is 3.53. The number of rotatable bonds is 6. The van der Waals surface area contributed by atoms with E-state index in [1.807, 2.05) is 24.3 Å². The molecule has 4 heteroatoms. The van der Waals surface area contributed by atoms with E-state index in [1.165, 1.54) is 5.56 Å². The van der Waals surface area contributed by atoms with Crippen LogP contribution < -0.4 is 15.8 Å². The molecule has 0 radical (unpaired) electrons. The molecule has 3 N–H and O–H groups in total. The minimum Gasteiger partial charge on any atom is -0.497 e. The highest BCUT2D eigenvalue weighted by Gasteiger charge is 2.22. The predicted octanol–water partition coefficient (Wildman–Crippen LogP) is 3.83. The first-order valence-electron chi connectivity index (χ1n) is 6.91. The first kappa shape index (κ1) is 15.9. The third-order valence-electron chi connectivity index (χ3n) is 3.47. The van der Waals surface area contributed by atoms with Crippen LogP contribution in [0.5, 0.6) is 5.75 Å². The fourth-order valence-corrected chi connectivity index (χ4v) is 2.53. The van der Waals surface area contributed by atoms with Crippen LogP contribution in [0.15, 0.2) is 53.0 Å². The number of hydrogen-bond donors (Lipinski definition) is 2. The molecule has 0 saturated carbocycles. The largest absolute Gasteiger partial charge is 0.497 e. The van der Waals surface area contributed by atoms with Gasteiger partial charge in [0.1, 0.15) is 5.75 Å². The highest BCUT2D eigenvalue weighted by atomic mass is 79.9. The first-order valence-corrected chi connectivity index (χ1v) is 7.71. The molecule has 0 bridgehead atoms. The second-order valence-corrected chi connectivity index (χ2v) is 6.34. The van der Waals surface area contributed by atoms with Gasteiger partial charge >= 0.3 is 0 Å². The van der Waals surface area contributed by atoms with Crippen LogP contribution in [0, 0.1) is 0 Å². The summed E-state index contributed by atoms with van der Waals surface area (Å²) in [5.74, 6) is 0.836. The Morgan fingerprint density at radius 2 is 1.90 bits per heavy atom. The van der Waals surface area contributed by atoms with E-state index in [0.717, 1.165) is 22.3 Å². The van der Waals surface area contributed by atoms with Crippen LogP contribution >= 0.6 is 15.9 Å². The lowest BCUT2D eigenvalue weighted by Crippen LogP contribution is -2.44. The summed E-state index contributed by atoms with van der Waals surface area (Å²) in [6, 6.07) is 16.2. The molecule has 1 atom stereocenters. The maximum Gasteiger partial charge on any atom is 0.120 e. The Balaban J connectivity index is 2.14. The van der Waals surface area contributed by atoms with Crippen molar-refractivity contribution in [3.05, 3.63) is 58.6 Å². The Morgan fingerprint density at radius 3 is 2.52 bits per heavy atom. The summed E-state index contributed by atoms with van der Waals surface area (Å²) in [6.07, 6.45) is 0.855. The van der Waals surface area contributed by atoms with Gasteiger partial charge < -0.3 is 15.8 Å². The van der Waals surface area contributed by atoms with E-state index < -0.39 is 0 Å². The van der Waals surface area contributed by atoms with Gasteiger partial charge in [0.25, 0.3) is 0 Å². The molecule has 0 aromatic heterocycles. The highest BCUT2D eigenvalue weighted by Crippen LogP contribution is 2.23. The van der Waals surface area contributed by atoms with Gasteiger partial charge in [-0.05, 0) is 43.2 Å². The van der Waals surface area contributed by atoms with Crippen molar-refractivity contribution in [1.29, 1.82) is 0 Å². The number of hydrogen-bond acceptors (Lipinski definition) is 3. The highest BCUT2D eigenvalue weighted by molar-refractivity contribution is 9.10. The van der Waals surface area contributed by atoms with Gasteiger partial charge in [-0.25, -0.2) is 0 Å². The lowest BCUT2D eigenvalue weighted by Gasteiger charge is -2.31. The maximum atomic E-state index is 6.00. The third-order valence-corrected chi connectivity index (χ3v) is 4.00. The Bertz CT molecular complexity index is 586. The molecule has 21 heavy (non-hydrogen) atoms. The molecule has 0 amide bonds. The van der Waals surface area contributed by atoms with Gasteiger partial charge in [0.2, 0.25) is 0 Å². The molecule has 0 aliphatic heterocycles. The first-order chi connectivity index (χ1) is 10.0. The minimum absolute atomic E-state index is 0.208. The number of nitrogens with two attached hydrogens (primary N) is 1. The van der Waals surface area contributed by atoms with Crippen molar-refractivity contribution >= 4 is 21.6 Å². The zero-order chi connectivity index (χ0) is 15.3. The van der Waals surface area contributed by atoms with Crippen LogP contribution in [0.25, 0.3) is 0 Å². The van der Waals surface area contributed by atoms with E-state index in [4.69, 9.17) is 10.5 Å². The number of benzene rings is 2. The number of methoxy groups -OCH3 is 1. The summed E-state index contributed by atoms with van der Waals surface area (Å²) in [5.41, 5.74) is 8.06. The Labute approximate surface area is 134 Å². The summed E-state index contributed by atoms with van der Waals surface area (Å²) < 4.78 is 6.34. The fraction of sp³-hybridized carbons (Fsp3) is 0.294. The minimum atomic E-state index is -0.208. The topological polar surface area (TPSA) is 47.3 Å². The van der Waals surface area contributed by atoms with E-state index in [2.05, 4.69) is 52.4 Å². The zero-order valence-corrected chi connectivity index (χ0v) is 14.0. The summed E-state index contributed by atoms with van der Waals surface area (Å²) in [6.45, 7) is 2.68. The average Bonchev–Trinajstić information content (AvgIpc) is 2.50. The summed E-state index contributed by atoms with van der Waals surface area (Å²) >= 11 is 3.46. The van der Waals surface area contributed by atoms with E-state index in [-0.39, 0.29) is 5.54 Å². The van der Waals surface area contributed by atoms with Crippen LogP contribution in [0.1, 0.15) is 12.5 Å². The van der Waals surface area contributed by atoms with E-state index in [0.29, 0.717) is 6.54 Å². The number of halogens is 1.